The van der Waals surface area contributed by atoms with Gasteiger partial charge in [-0.25, -0.2) is 0 Å². The molecule has 0 spiro atoms. The molecule has 0 bridgehead atoms. The van der Waals surface area contributed by atoms with Crippen LogP contribution in [0.2, 0.25) is 0 Å². The van der Waals surface area contributed by atoms with Crippen LogP contribution in [0, 0.1) is 6.92 Å². The highest BCUT2D eigenvalue weighted by Crippen LogP contribution is 2.21. The summed E-state index contributed by atoms with van der Waals surface area (Å²) < 4.78 is 0. The van der Waals surface area contributed by atoms with E-state index in [-0.39, 0.29) is 13.0 Å². The van der Waals surface area contributed by atoms with Crippen LogP contribution in [0.3, 0.4) is 0 Å². The standard InChI is InChI=1S/C12H16O4/c1-8-6-9(2-3-10(8)7-14)12(16)11(15)4-5-13/h2-3,6-7,11-13,15-16H,4-5H2,1H3. The van der Waals surface area contributed by atoms with Crippen LogP contribution in [0.5, 0.6) is 0 Å². The van der Waals surface area contributed by atoms with Crippen molar-refractivity contribution in [3.05, 3.63) is 34.9 Å². The summed E-state index contributed by atoms with van der Waals surface area (Å²) in [5, 5.41) is 27.9. The minimum atomic E-state index is -1.04. The molecule has 16 heavy (non-hydrogen) atoms. The molecule has 0 aliphatic rings. The molecule has 1 rings (SSSR count). The first-order valence-electron chi connectivity index (χ1n) is 5.13. The second-order valence-corrected chi connectivity index (χ2v) is 3.76. The van der Waals surface area contributed by atoms with Crippen molar-refractivity contribution in [2.24, 2.45) is 0 Å². The van der Waals surface area contributed by atoms with Gasteiger partial charge in [-0.1, -0.05) is 18.2 Å². The van der Waals surface area contributed by atoms with Gasteiger partial charge in [0.25, 0.3) is 0 Å². The average Bonchev–Trinajstić information content (AvgIpc) is 2.28. The number of aryl methyl sites for hydroxylation is 1. The van der Waals surface area contributed by atoms with Gasteiger partial charge in [0.1, 0.15) is 12.4 Å². The summed E-state index contributed by atoms with van der Waals surface area (Å²) in [7, 11) is 0. The van der Waals surface area contributed by atoms with Crippen molar-refractivity contribution >= 4 is 6.29 Å². The molecule has 2 atom stereocenters. The SMILES string of the molecule is Cc1cc(C(O)C(O)CCO)ccc1C=O. The maximum absolute atomic E-state index is 10.6. The molecule has 4 heteroatoms. The van der Waals surface area contributed by atoms with Crippen LogP contribution in [0.25, 0.3) is 0 Å². The lowest BCUT2D eigenvalue weighted by Gasteiger charge is -2.17. The quantitative estimate of drug-likeness (QED) is 0.639. The molecule has 88 valence electrons. The van der Waals surface area contributed by atoms with Crippen LogP contribution >= 0.6 is 0 Å². The molecule has 0 heterocycles. The number of rotatable bonds is 5. The van der Waals surface area contributed by atoms with Crippen molar-refractivity contribution in [1.29, 1.82) is 0 Å². The molecule has 0 radical (unpaired) electrons. The van der Waals surface area contributed by atoms with Gasteiger partial charge in [0, 0.05) is 12.2 Å². The summed E-state index contributed by atoms with van der Waals surface area (Å²) >= 11 is 0. The van der Waals surface area contributed by atoms with E-state index in [9.17, 15) is 15.0 Å². The lowest BCUT2D eigenvalue weighted by Crippen LogP contribution is -2.19. The summed E-state index contributed by atoms with van der Waals surface area (Å²) in [6.45, 7) is 1.59. The Bertz CT molecular complexity index is 362. The van der Waals surface area contributed by atoms with E-state index >= 15 is 0 Å². The Kier molecular flexibility index (Phi) is 4.61. The second kappa shape index (κ2) is 5.75. The zero-order valence-corrected chi connectivity index (χ0v) is 9.13. The fourth-order valence-corrected chi connectivity index (χ4v) is 1.53. The maximum atomic E-state index is 10.6. The van der Waals surface area contributed by atoms with E-state index in [4.69, 9.17) is 5.11 Å². The number of hydrogen-bond acceptors (Lipinski definition) is 4. The molecular weight excluding hydrogens is 208 g/mol. The van der Waals surface area contributed by atoms with Gasteiger partial charge in [-0.2, -0.15) is 0 Å². The first-order chi connectivity index (χ1) is 7.60. The third-order valence-electron chi connectivity index (χ3n) is 2.55. The Morgan fingerprint density at radius 1 is 1.38 bits per heavy atom. The first kappa shape index (κ1) is 12.8. The van der Waals surface area contributed by atoms with Crippen LogP contribution in [0.15, 0.2) is 18.2 Å². The molecule has 2 unspecified atom stereocenters. The fourth-order valence-electron chi connectivity index (χ4n) is 1.53. The average molecular weight is 224 g/mol. The Morgan fingerprint density at radius 2 is 2.06 bits per heavy atom. The van der Waals surface area contributed by atoms with Gasteiger partial charge in [-0.05, 0) is 24.5 Å². The predicted molar refractivity (Wildman–Crippen MR) is 59.2 cm³/mol. The molecule has 0 aromatic heterocycles. The lowest BCUT2D eigenvalue weighted by molar-refractivity contribution is 0.00419. The molecular formula is C12H16O4. The summed E-state index contributed by atoms with van der Waals surface area (Å²) in [5.41, 5.74) is 1.86. The van der Waals surface area contributed by atoms with E-state index < -0.39 is 12.2 Å². The summed E-state index contributed by atoms with van der Waals surface area (Å²) in [6.07, 6.45) is -1.16. The Morgan fingerprint density at radius 3 is 2.56 bits per heavy atom. The van der Waals surface area contributed by atoms with Gasteiger partial charge in [0.15, 0.2) is 0 Å². The van der Waals surface area contributed by atoms with E-state index in [1.165, 1.54) is 0 Å². The molecule has 0 aliphatic heterocycles. The third kappa shape index (κ3) is 2.88. The smallest absolute Gasteiger partial charge is 0.150 e. The van der Waals surface area contributed by atoms with Crippen LogP contribution in [-0.2, 0) is 0 Å². The highest BCUT2D eigenvalue weighted by molar-refractivity contribution is 5.77. The van der Waals surface area contributed by atoms with Crippen molar-refractivity contribution in [3.8, 4) is 0 Å². The Labute approximate surface area is 94.2 Å². The Balaban J connectivity index is 2.88. The molecule has 3 N–H and O–H groups in total. The minimum Gasteiger partial charge on any atom is -0.396 e. The van der Waals surface area contributed by atoms with Crippen molar-refractivity contribution in [2.75, 3.05) is 6.61 Å². The number of benzene rings is 1. The van der Waals surface area contributed by atoms with Gasteiger partial charge in [-0.15, -0.1) is 0 Å². The predicted octanol–water partition coefficient (Wildman–Crippen LogP) is 0.584. The molecule has 0 saturated heterocycles. The van der Waals surface area contributed by atoms with Crippen LogP contribution in [0.4, 0.5) is 0 Å². The van der Waals surface area contributed by atoms with Crippen molar-refractivity contribution in [3.63, 3.8) is 0 Å². The maximum Gasteiger partial charge on any atom is 0.150 e. The van der Waals surface area contributed by atoms with Gasteiger partial charge >= 0.3 is 0 Å². The van der Waals surface area contributed by atoms with Gasteiger partial charge in [-0.3, -0.25) is 4.79 Å². The van der Waals surface area contributed by atoms with E-state index in [1.807, 2.05) is 0 Å². The van der Waals surface area contributed by atoms with Crippen LogP contribution in [-0.4, -0.2) is 34.3 Å². The minimum absolute atomic E-state index is 0.121. The highest BCUT2D eigenvalue weighted by atomic mass is 16.3. The molecule has 0 saturated carbocycles. The Hall–Kier alpha value is -1.23. The van der Waals surface area contributed by atoms with E-state index in [2.05, 4.69) is 0 Å². The van der Waals surface area contributed by atoms with E-state index in [0.717, 1.165) is 11.8 Å². The fraction of sp³-hybridized carbons (Fsp3) is 0.417. The van der Waals surface area contributed by atoms with E-state index in [1.54, 1.807) is 25.1 Å². The van der Waals surface area contributed by atoms with Gasteiger partial charge in [0.2, 0.25) is 0 Å². The number of aliphatic hydroxyl groups is 3. The summed E-state index contributed by atoms with van der Waals surface area (Å²) in [5.74, 6) is 0. The number of aliphatic hydroxyl groups excluding tert-OH is 3. The molecule has 0 aliphatic carbocycles. The monoisotopic (exact) mass is 224 g/mol. The zero-order valence-electron chi connectivity index (χ0n) is 9.13. The van der Waals surface area contributed by atoms with Crippen molar-refractivity contribution < 1.29 is 20.1 Å². The largest absolute Gasteiger partial charge is 0.396 e. The summed E-state index contributed by atoms with van der Waals surface area (Å²) in [6, 6.07) is 4.86. The number of aldehydes is 1. The third-order valence-corrected chi connectivity index (χ3v) is 2.55. The topological polar surface area (TPSA) is 77.8 Å². The summed E-state index contributed by atoms with van der Waals surface area (Å²) in [4.78, 5) is 10.6. The van der Waals surface area contributed by atoms with Crippen LogP contribution < -0.4 is 0 Å². The first-order valence-corrected chi connectivity index (χ1v) is 5.13. The highest BCUT2D eigenvalue weighted by Gasteiger charge is 2.18. The number of carbonyl (C=O) groups is 1. The van der Waals surface area contributed by atoms with Gasteiger partial charge in [0.05, 0.1) is 6.10 Å². The van der Waals surface area contributed by atoms with Crippen molar-refractivity contribution in [1.82, 2.24) is 0 Å². The molecule has 0 fully saturated rings. The molecule has 1 aromatic carbocycles. The zero-order chi connectivity index (χ0) is 12.1. The van der Waals surface area contributed by atoms with E-state index in [0.29, 0.717) is 11.1 Å². The normalized spacial score (nSPS) is 14.5. The lowest BCUT2D eigenvalue weighted by atomic mass is 9.98. The number of carbonyl (C=O) groups excluding carboxylic acids is 1. The second-order valence-electron chi connectivity index (χ2n) is 3.76. The molecule has 4 nitrogen and oxygen atoms in total. The number of hydrogen-bond donors (Lipinski definition) is 3. The molecule has 0 amide bonds. The van der Waals surface area contributed by atoms with Crippen LogP contribution in [0.1, 0.15) is 34.0 Å². The molecule has 1 aromatic rings. The van der Waals surface area contributed by atoms with Gasteiger partial charge < -0.3 is 15.3 Å². The van der Waals surface area contributed by atoms with Crippen molar-refractivity contribution in [2.45, 2.75) is 25.6 Å².